The molecule has 1 aromatic heterocycles. The van der Waals surface area contributed by atoms with Gasteiger partial charge in [0.15, 0.2) is 0 Å². The molecule has 0 amide bonds. The lowest BCUT2D eigenvalue weighted by molar-refractivity contribution is 0.0698. The first kappa shape index (κ1) is 14.6. The van der Waals surface area contributed by atoms with Gasteiger partial charge in [-0.15, -0.1) is 0 Å². The predicted octanol–water partition coefficient (Wildman–Crippen LogP) is 4.35. The summed E-state index contributed by atoms with van der Waals surface area (Å²) in [6, 6.07) is 4.00. The Bertz CT molecular complexity index is 665. The number of nitrogens with zero attached hydrogens (tertiary/aromatic N) is 1. The number of fused-ring (bicyclic) bond motifs is 1. The van der Waals surface area contributed by atoms with Gasteiger partial charge in [0.1, 0.15) is 0 Å². The summed E-state index contributed by atoms with van der Waals surface area (Å²) in [5, 5.41) is 10.7. The first-order valence-electron chi connectivity index (χ1n) is 7.31. The maximum atomic E-state index is 11.7. The Morgan fingerprint density at radius 2 is 1.95 bits per heavy atom. The summed E-state index contributed by atoms with van der Waals surface area (Å²) < 4.78 is 2.13. The molecule has 108 valence electrons. The Morgan fingerprint density at radius 3 is 2.40 bits per heavy atom. The number of carboxylic acids is 1. The fraction of sp³-hybridized carbons (Fsp3) is 0.471. The minimum atomic E-state index is -0.840. The predicted molar refractivity (Wildman–Crippen MR) is 82.8 cm³/mol. The lowest BCUT2D eigenvalue weighted by Crippen LogP contribution is -2.05. The second-order valence-electron chi connectivity index (χ2n) is 5.59. The second kappa shape index (κ2) is 5.31. The van der Waals surface area contributed by atoms with Gasteiger partial charge in [0.25, 0.3) is 0 Å². The second-order valence-corrected chi connectivity index (χ2v) is 5.59. The van der Waals surface area contributed by atoms with Crippen LogP contribution in [0, 0.1) is 6.92 Å². The van der Waals surface area contributed by atoms with E-state index in [0.717, 1.165) is 29.4 Å². The topological polar surface area (TPSA) is 42.2 Å². The molecule has 20 heavy (non-hydrogen) atoms. The zero-order valence-corrected chi connectivity index (χ0v) is 12.9. The van der Waals surface area contributed by atoms with Gasteiger partial charge in [-0.2, -0.15) is 0 Å². The van der Waals surface area contributed by atoms with E-state index in [1.165, 1.54) is 11.3 Å². The van der Waals surface area contributed by atoms with Crippen LogP contribution in [0.5, 0.6) is 0 Å². The molecule has 0 fully saturated rings. The van der Waals surface area contributed by atoms with Crippen LogP contribution in [0.2, 0.25) is 0 Å². The quantitative estimate of drug-likeness (QED) is 0.899. The summed E-state index contributed by atoms with van der Waals surface area (Å²) >= 11 is 0. The standard InChI is InChI=1S/C17H23NO2/c1-6-13-11(5)18(7-2)16-14(13)8-12(10(3)4)9-15(16)17(19)20/h8-10H,6-7H2,1-5H3,(H,19,20). The average Bonchev–Trinajstić information content (AvgIpc) is 2.67. The molecule has 0 saturated heterocycles. The van der Waals surface area contributed by atoms with Crippen LogP contribution in [-0.2, 0) is 13.0 Å². The van der Waals surface area contributed by atoms with E-state index >= 15 is 0 Å². The fourth-order valence-corrected chi connectivity index (χ4v) is 3.04. The number of aromatic nitrogens is 1. The van der Waals surface area contributed by atoms with Crippen molar-refractivity contribution >= 4 is 16.9 Å². The van der Waals surface area contributed by atoms with Gasteiger partial charge in [-0.1, -0.05) is 20.8 Å². The van der Waals surface area contributed by atoms with Gasteiger partial charge < -0.3 is 9.67 Å². The number of benzene rings is 1. The van der Waals surface area contributed by atoms with Gasteiger partial charge in [-0.05, 0) is 49.4 Å². The fourth-order valence-electron chi connectivity index (χ4n) is 3.04. The summed E-state index contributed by atoms with van der Waals surface area (Å²) in [7, 11) is 0. The minimum Gasteiger partial charge on any atom is -0.478 e. The van der Waals surface area contributed by atoms with Crippen molar-refractivity contribution in [3.63, 3.8) is 0 Å². The van der Waals surface area contributed by atoms with Crippen LogP contribution in [-0.4, -0.2) is 15.6 Å². The molecule has 3 heteroatoms. The van der Waals surface area contributed by atoms with Crippen molar-refractivity contribution in [1.29, 1.82) is 0 Å². The van der Waals surface area contributed by atoms with Crippen LogP contribution in [0.15, 0.2) is 12.1 Å². The maximum absolute atomic E-state index is 11.7. The van der Waals surface area contributed by atoms with Crippen molar-refractivity contribution in [2.24, 2.45) is 0 Å². The zero-order valence-electron chi connectivity index (χ0n) is 12.9. The van der Waals surface area contributed by atoms with Gasteiger partial charge in [-0.3, -0.25) is 0 Å². The third-order valence-corrected chi connectivity index (χ3v) is 4.14. The van der Waals surface area contributed by atoms with Crippen LogP contribution < -0.4 is 0 Å². The molecule has 1 heterocycles. The summed E-state index contributed by atoms with van der Waals surface area (Å²) in [5.41, 5.74) is 4.85. The van der Waals surface area contributed by atoms with Crippen molar-refractivity contribution in [2.75, 3.05) is 0 Å². The Kier molecular flexibility index (Phi) is 3.89. The van der Waals surface area contributed by atoms with E-state index < -0.39 is 5.97 Å². The minimum absolute atomic E-state index is 0.326. The monoisotopic (exact) mass is 273 g/mol. The molecule has 0 bridgehead atoms. The third-order valence-electron chi connectivity index (χ3n) is 4.14. The van der Waals surface area contributed by atoms with E-state index in [1.807, 2.05) is 6.07 Å². The van der Waals surface area contributed by atoms with Crippen LogP contribution in [0.3, 0.4) is 0 Å². The summed E-state index contributed by atoms with van der Waals surface area (Å²) in [6.07, 6.45) is 0.927. The number of aryl methyl sites for hydroxylation is 2. The van der Waals surface area contributed by atoms with E-state index in [0.29, 0.717) is 11.5 Å². The van der Waals surface area contributed by atoms with Gasteiger partial charge in [-0.25, -0.2) is 4.79 Å². The van der Waals surface area contributed by atoms with Crippen molar-refractivity contribution in [3.05, 3.63) is 34.5 Å². The first-order chi connectivity index (χ1) is 9.42. The lowest BCUT2D eigenvalue weighted by Gasteiger charge is -2.11. The molecule has 0 aliphatic carbocycles. The van der Waals surface area contributed by atoms with E-state index in [-0.39, 0.29) is 0 Å². The molecular formula is C17H23NO2. The molecule has 2 rings (SSSR count). The van der Waals surface area contributed by atoms with Gasteiger partial charge >= 0.3 is 5.97 Å². The number of hydrogen-bond donors (Lipinski definition) is 1. The third kappa shape index (κ3) is 2.11. The Balaban J connectivity index is 2.96. The average molecular weight is 273 g/mol. The summed E-state index contributed by atoms with van der Waals surface area (Å²) in [6.45, 7) is 11.3. The van der Waals surface area contributed by atoms with Crippen LogP contribution in [0.25, 0.3) is 10.9 Å². The number of carbonyl (C=O) groups is 1. The number of aromatic carboxylic acids is 1. The van der Waals surface area contributed by atoms with E-state index in [4.69, 9.17) is 0 Å². The normalized spacial score (nSPS) is 11.5. The zero-order chi connectivity index (χ0) is 15.0. The highest BCUT2D eigenvalue weighted by atomic mass is 16.4. The highest BCUT2D eigenvalue weighted by Crippen LogP contribution is 2.32. The molecule has 3 nitrogen and oxygen atoms in total. The van der Waals surface area contributed by atoms with Crippen molar-refractivity contribution in [2.45, 2.75) is 53.5 Å². The first-order valence-corrected chi connectivity index (χ1v) is 7.31. The molecule has 0 saturated carbocycles. The summed E-state index contributed by atoms with van der Waals surface area (Å²) in [5.74, 6) is -0.514. The number of rotatable bonds is 4. The van der Waals surface area contributed by atoms with E-state index in [2.05, 4.69) is 45.3 Å². The van der Waals surface area contributed by atoms with Crippen molar-refractivity contribution < 1.29 is 9.90 Å². The van der Waals surface area contributed by atoms with Crippen LogP contribution in [0.4, 0.5) is 0 Å². The molecule has 1 aromatic carbocycles. The Labute approximate surface area is 120 Å². The van der Waals surface area contributed by atoms with Crippen LogP contribution >= 0.6 is 0 Å². The lowest BCUT2D eigenvalue weighted by atomic mass is 9.96. The molecule has 1 N–H and O–H groups in total. The van der Waals surface area contributed by atoms with Gasteiger partial charge in [0.2, 0.25) is 0 Å². The SMILES string of the molecule is CCc1c(C)n(CC)c2c(C(=O)O)cc(C(C)C)cc12. The van der Waals surface area contributed by atoms with Crippen molar-refractivity contribution in [1.82, 2.24) is 4.57 Å². The van der Waals surface area contributed by atoms with Gasteiger partial charge in [0.05, 0.1) is 11.1 Å². The van der Waals surface area contributed by atoms with Gasteiger partial charge in [0, 0.05) is 17.6 Å². The molecule has 2 aromatic rings. The molecule has 0 radical (unpaired) electrons. The Morgan fingerprint density at radius 1 is 1.30 bits per heavy atom. The summed E-state index contributed by atoms with van der Waals surface area (Å²) in [4.78, 5) is 11.7. The van der Waals surface area contributed by atoms with E-state index in [1.54, 1.807) is 0 Å². The number of hydrogen-bond acceptors (Lipinski definition) is 1. The highest BCUT2D eigenvalue weighted by molar-refractivity contribution is 6.04. The molecule has 0 unspecified atom stereocenters. The smallest absolute Gasteiger partial charge is 0.337 e. The highest BCUT2D eigenvalue weighted by Gasteiger charge is 2.20. The molecule has 0 aliphatic rings. The van der Waals surface area contributed by atoms with Crippen LogP contribution in [0.1, 0.15) is 60.8 Å². The Hall–Kier alpha value is -1.77. The number of carboxylic acid groups (broad SMARTS) is 1. The maximum Gasteiger partial charge on any atom is 0.337 e. The van der Waals surface area contributed by atoms with Crippen molar-refractivity contribution in [3.8, 4) is 0 Å². The van der Waals surface area contributed by atoms with E-state index in [9.17, 15) is 9.90 Å². The molecule has 0 aliphatic heterocycles. The largest absolute Gasteiger partial charge is 0.478 e. The molecule has 0 spiro atoms. The molecule has 0 atom stereocenters. The molecular weight excluding hydrogens is 250 g/mol.